The molecule has 0 unspecified atom stereocenters. The largest absolute Gasteiger partial charge is 0.512 e. The molecule has 0 saturated heterocycles. The Bertz CT molecular complexity index is 1130. The van der Waals surface area contributed by atoms with Gasteiger partial charge in [-0.15, -0.1) is 34.9 Å². The summed E-state index contributed by atoms with van der Waals surface area (Å²) in [5.74, 6) is -0.158. The summed E-state index contributed by atoms with van der Waals surface area (Å²) in [7, 11) is 0. The molecule has 5 heteroatoms. The van der Waals surface area contributed by atoms with E-state index in [4.69, 9.17) is 0 Å². The van der Waals surface area contributed by atoms with Crippen molar-refractivity contribution in [3.63, 3.8) is 0 Å². The van der Waals surface area contributed by atoms with E-state index in [1.165, 1.54) is 23.8 Å². The maximum Gasteiger partial charge on any atom is 0.164 e. The van der Waals surface area contributed by atoms with Crippen molar-refractivity contribution in [3.8, 4) is 11.3 Å². The van der Waals surface area contributed by atoms with Crippen LogP contribution in [0.1, 0.15) is 52.7 Å². The molecule has 0 aliphatic heterocycles. The van der Waals surface area contributed by atoms with Gasteiger partial charge in [0.15, 0.2) is 5.78 Å². The first kappa shape index (κ1) is 28.7. The van der Waals surface area contributed by atoms with Gasteiger partial charge in [-0.2, -0.15) is 0 Å². The van der Waals surface area contributed by atoms with Crippen molar-refractivity contribution in [1.82, 2.24) is 4.98 Å². The van der Waals surface area contributed by atoms with Crippen LogP contribution in [0.15, 0.2) is 54.3 Å². The van der Waals surface area contributed by atoms with Crippen LogP contribution >= 0.6 is 0 Å². The van der Waals surface area contributed by atoms with Gasteiger partial charge in [-0.25, -0.2) is 4.39 Å². The number of aryl methyl sites for hydroxylation is 2. The van der Waals surface area contributed by atoms with E-state index in [1.807, 2.05) is 73.6 Å². The van der Waals surface area contributed by atoms with Gasteiger partial charge < -0.3 is 5.11 Å². The molecule has 3 nitrogen and oxygen atoms in total. The number of allylic oxidation sites excluding steroid dienone is 2. The van der Waals surface area contributed by atoms with Crippen LogP contribution < -0.4 is 0 Å². The zero-order valence-corrected chi connectivity index (χ0v) is 23.0. The Kier molecular flexibility index (Phi) is 9.71. The van der Waals surface area contributed by atoms with E-state index < -0.39 is 5.41 Å². The number of pyridine rings is 1. The molecule has 3 aromatic rings. The number of nitrogens with zero attached hydrogens (tertiary/aromatic N) is 1. The zero-order chi connectivity index (χ0) is 24.3. The fraction of sp³-hybridized carbons (Fsp3) is 0.357. The number of benzene rings is 2. The molecule has 1 heterocycles. The Morgan fingerprint density at radius 2 is 1.58 bits per heavy atom. The van der Waals surface area contributed by atoms with Crippen LogP contribution in [0, 0.1) is 36.6 Å². The van der Waals surface area contributed by atoms with E-state index in [9.17, 15) is 14.3 Å². The Morgan fingerprint density at radius 1 is 0.970 bits per heavy atom. The number of hydrogen-bond donors (Lipinski definition) is 1. The molecule has 3 rings (SSSR count). The van der Waals surface area contributed by atoms with Crippen molar-refractivity contribution in [1.29, 1.82) is 0 Å². The topological polar surface area (TPSA) is 50.2 Å². The van der Waals surface area contributed by atoms with E-state index in [2.05, 4.69) is 17.1 Å². The van der Waals surface area contributed by atoms with Crippen molar-refractivity contribution >= 4 is 16.7 Å². The minimum Gasteiger partial charge on any atom is -0.512 e. The summed E-state index contributed by atoms with van der Waals surface area (Å²) < 4.78 is 13.3. The van der Waals surface area contributed by atoms with Gasteiger partial charge in [0.2, 0.25) is 0 Å². The molecule has 0 atom stereocenters. The molecule has 0 bridgehead atoms. The van der Waals surface area contributed by atoms with E-state index in [-0.39, 0.29) is 42.9 Å². The summed E-state index contributed by atoms with van der Waals surface area (Å²) in [6.07, 6.45) is 1.33. The van der Waals surface area contributed by atoms with Gasteiger partial charge in [-0.1, -0.05) is 67.5 Å². The number of ketones is 1. The third-order valence-electron chi connectivity index (χ3n) is 4.85. The van der Waals surface area contributed by atoms with E-state index in [0.29, 0.717) is 5.52 Å². The fourth-order valence-electron chi connectivity index (χ4n) is 2.83. The summed E-state index contributed by atoms with van der Waals surface area (Å²) >= 11 is 0. The van der Waals surface area contributed by atoms with Crippen LogP contribution in [-0.2, 0) is 24.9 Å². The van der Waals surface area contributed by atoms with E-state index >= 15 is 0 Å². The first-order valence-corrected chi connectivity index (χ1v) is 10.7. The number of fused-ring (bicyclic) bond motifs is 1. The molecule has 2 aromatic carbocycles. The van der Waals surface area contributed by atoms with Crippen molar-refractivity contribution in [2.24, 2.45) is 10.8 Å². The predicted molar refractivity (Wildman–Crippen MR) is 130 cm³/mol. The van der Waals surface area contributed by atoms with Gasteiger partial charge >= 0.3 is 0 Å². The summed E-state index contributed by atoms with van der Waals surface area (Å²) in [5.41, 5.74) is 3.93. The van der Waals surface area contributed by atoms with Crippen LogP contribution in [0.5, 0.6) is 0 Å². The quantitative estimate of drug-likeness (QED) is 0.182. The number of rotatable bonds is 2. The summed E-state index contributed by atoms with van der Waals surface area (Å²) in [6.45, 7) is 15.2. The van der Waals surface area contributed by atoms with Crippen LogP contribution in [0.25, 0.3) is 22.2 Å². The number of aliphatic hydroxyl groups is 1. The standard InChI is InChI=1S/C17H13FN.C11H20O2.Ir/c1-11-7-12(2)9-14(8-11)16-6-4-13-3-5-15(18)10-17(13)19-16;1-10(2,3)8(12)7-9(13)11(4,5)6;/h3-8,10H,1-2H3;7,12H,1-6H3;/q-1;;/b;8-7-;. The minimum absolute atomic E-state index is 0. The second-order valence-electron chi connectivity index (χ2n) is 10.2. The number of halogens is 1. The molecule has 0 spiro atoms. The van der Waals surface area contributed by atoms with Crippen LogP contribution in [-0.4, -0.2) is 15.9 Å². The molecule has 1 aromatic heterocycles. The van der Waals surface area contributed by atoms with E-state index in [0.717, 1.165) is 22.2 Å². The maximum atomic E-state index is 13.3. The second-order valence-corrected chi connectivity index (χ2v) is 10.2. The number of aromatic nitrogens is 1. The average molecular weight is 627 g/mol. The zero-order valence-electron chi connectivity index (χ0n) is 20.6. The number of carbonyl (C=O) groups is 1. The van der Waals surface area contributed by atoms with Crippen LogP contribution in [0.4, 0.5) is 4.39 Å². The third kappa shape index (κ3) is 8.49. The number of hydrogen-bond acceptors (Lipinski definition) is 3. The molecule has 1 N–H and O–H groups in total. The van der Waals surface area contributed by atoms with Crippen LogP contribution in [0.3, 0.4) is 0 Å². The molecule has 0 aliphatic carbocycles. The van der Waals surface area contributed by atoms with Crippen molar-refractivity contribution in [3.05, 3.63) is 77.3 Å². The molecule has 0 saturated carbocycles. The predicted octanol–water partition coefficient (Wildman–Crippen LogP) is 7.55. The molecule has 0 amide bonds. The Balaban J connectivity index is 0.000000346. The monoisotopic (exact) mass is 627 g/mol. The molecular formula is C28H33FIrNO2-. The SMILES string of the molecule is CC(C)(C)C(=O)/C=C(\O)C(C)(C)C.Cc1[c-]c(-c2ccc3ccc(F)cc3n2)cc(C)c1.[Ir]. The van der Waals surface area contributed by atoms with Crippen LogP contribution in [0.2, 0.25) is 0 Å². The van der Waals surface area contributed by atoms with Gasteiger partial charge in [0.05, 0.1) is 5.52 Å². The second kappa shape index (κ2) is 11.2. The molecule has 179 valence electrons. The molecule has 1 radical (unpaired) electrons. The van der Waals surface area contributed by atoms with Crippen molar-refractivity contribution < 1.29 is 34.4 Å². The van der Waals surface area contributed by atoms with Gasteiger partial charge in [-0.3, -0.25) is 9.78 Å². The maximum absolute atomic E-state index is 13.3. The Hall–Kier alpha value is -2.36. The number of carbonyl (C=O) groups excluding carboxylic acids is 1. The first-order chi connectivity index (χ1) is 14.7. The van der Waals surface area contributed by atoms with Gasteiger partial charge in [-0.05, 0) is 29.3 Å². The van der Waals surface area contributed by atoms with Crippen molar-refractivity contribution in [2.75, 3.05) is 0 Å². The Morgan fingerprint density at radius 3 is 2.12 bits per heavy atom. The smallest absolute Gasteiger partial charge is 0.164 e. The van der Waals surface area contributed by atoms with Gasteiger partial charge in [0.25, 0.3) is 0 Å². The van der Waals surface area contributed by atoms with Gasteiger partial charge in [0, 0.05) is 37.0 Å². The third-order valence-corrected chi connectivity index (χ3v) is 4.85. The number of aliphatic hydroxyl groups excluding tert-OH is 1. The summed E-state index contributed by atoms with van der Waals surface area (Å²) in [5, 5.41) is 10.5. The van der Waals surface area contributed by atoms with Gasteiger partial charge in [0.1, 0.15) is 11.6 Å². The molecule has 33 heavy (non-hydrogen) atoms. The molecule has 0 fully saturated rings. The first-order valence-electron chi connectivity index (χ1n) is 10.7. The summed E-state index contributed by atoms with van der Waals surface area (Å²) in [6, 6.07) is 16.0. The molecule has 0 aliphatic rings. The van der Waals surface area contributed by atoms with Crippen molar-refractivity contribution in [2.45, 2.75) is 55.4 Å². The Labute approximate surface area is 210 Å². The molecular weight excluding hydrogens is 594 g/mol. The summed E-state index contributed by atoms with van der Waals surface area (Å²) in [4.78, 5) is 16.0. The average Bonchev–Trinajstić information content (AvgIpc) is 2.65. The van der Waals surface area contributed by atoms with E-state index in [1.54, 1.807) is 6.07 Å². The minimum atomic E-state index is -0.417. The normalized spacial score (nSPS) is 12.0. The fourth-order valence-corrected chi connectivity index (χ4v) is 2.83.